The highest BCUT2D eigenvalue weighted by molar-refractivity contribution is 7.90. The predicted octanol–water partition coefficient (Wildman–Crippen LogP) is 3.76. The van der Waals surface area contributed by atoms with Crippen LogP contribution >= 0.6 is 0 Å². The molecule has 1 aromatic heterocycles. The summed E-state index contributed by atoms with van der Waals surface area (Å²) >= 11 is 0. The molecule has 1 N–H and O–H groups in total. The zero-order valence-electron chi connectivity index (χ0n) is 20.9. The molecular weight excluding hydrogens is 513 g/mol. The number of esters is 1. The van der Waals surface area contributed by atoms with Gasteiger partial charge in [-0.1, -0.05) is 12.1 Å². The third-order valence-electron chi connectivity index (χ3n) is 5.76. The van der Waals surface area contributed by atoms with E-state index in [1.165, 1.54) is 31.2 Å². The molecule has 11 heteroatoms. The Morgan fingerprint density at radius 2 is 1.74 bits per heavy atom. The van der Waals surface area contributed by atoms with Crippen LogP contribution in [-0.2, 0) is 24.2 Å². The van der Waals surface area contributed by atoms with Crippen molar-refractivity contribution in [3.63, 3.8) is 0 Å². The molecule has 1 heterocycles. The van der Waals surface area contributed by atoms with E-state index in [-0.39, 0.29) is 10.7 Å². The van der Waals surface area contributed by atoms with E-state index in [4.69, 9.17) is 9.47 Å². The third-order valence-corrected chi connectivity index (χ3v) is 6.89. The van der Waals surface area contributed by atoms with E-state index in [2.05, 4.69) is 10.4 Å². The van der Waals surface area contributed by atoms with Gasteiger partial charge >= 0.3 is 5.97 Å². The summed E-state index contributed by atoms with van der Waals surface area (Å²) in [5, 5.41) is 7.93. The maximum atomic E-state index is 13.3. The van der Waals surface area contributed by atoms with Gasteiger partial charge < -0.3 is 14.8 Å². The lowest BCUT2D eigenvalue weighted by Crippen LogP contribution is -2.41. The summed E-state index contributed by atoms with van der Waals surface area (Å²) in [5.74, 6) is -0.948. The highest BCUT2D eigenvalue weighted by Crippen LogP contribution is 2.29. The SMILES string of the molecule is CC(=O)OCC(=O)N[C@@H](C)[C@H](Oc1ccc2c(cnn2-c2ccc(F)cc2)c1)c1ccc(S(C)(=O)=O)cc1. The van der Waals surface area contributed by atoms with E-state index in [0.717, 1.165) is 17.2 Å². The number of carbonyl (C=O) groups is 2. The molecule has 198 valence electrons. The molecule has 0 saturated heterocycles. The maximum Gasteiger partial charge on any atom is 0.303 e. The van der Waals surface area contributed by atoms with Crippen molar-refractivity contribution in [1.29, 1.82) is 0 Å². The number of benzene rings is 3. The first kappa shape index (κ1) is 26.8. The molecule has 9 nitrogen and oxygen atoms in total. The van der Waals surface area contributed by atoms with Crippen LogP contribution in [0.15, 0.2) is 77.8 Å². The van der Waals surface area contributed by atoms with E-state index in [0.29, 0.717) is 17.0 Å². The molecule has 0 aliphatic rings. The average Bonchev–Trinajstić information content (AvgIpc) is 3.29. The first-order valence-electron chi connectivity index (χ1n) is 11.6. The number of ether oxygens (including phenoxy) is 2. The van der Waals surface area contributed by atoms with Crippen molar-refractivity contribution in [1.82, 2.24) is 15.1 Å². The quantitative estimate of drug-likeness (QED) is 0.322. The monoisotopic (exact) mass is 539 g/mol. The second kappa shape index (κ2) is 11.0. The molecule has 4 rings (SSSR count). The predicted molar refractivity (Wildman–Crippen MR) is 138 cm³/mol. The Hall–Kier alpha value is -4.25. The number of hydrogen-bond acceptors (Lipinski definition) is 7. The molecule has 0 bridgehead atoms. The van der Waals surface area contributed by atoms with E-state index >= 15 is 0 Å². The average molecular weight is 540 g/mol. The Kier molecular flexibility index (Phi) is 7.77. The van der Waals surface area contributed by atoms with E-state index in [1.54, 1.807) is 54.2 Å². The number of carbonyl (C=O) groups excluding carboxylic acids is 2. The minimum absolute atomic E-state index is 0.154. The lowest BCUT2D eigenvalue weighted by atomic mass is 10.0. The van der Waals surface area contributed by atoms with Crippen LogP contribution in [-0.4, -0.2) is 49.0 Å². The third kappa shape index (κ3) is 6.35. The van der Waals surface area contributed by atoms with Gasteiger partial charge in [-0.2, -0.15) is 5.10 Å². The summed E-state index contributed by atoms with van der Waals surface area (Å²) in [6, 6.07) is 16.9. The van der Waals surface area contributed by atoms with Gasteiger partial charge in [0.2, 0.25) is 0 Å². The second-order valence-corrected chi connectivity index (χ2v) is 10.8. The van der Waals surface area contributed by atoms with Crippen molar-refractivity contribution in [3.8, 4) is 11.4 Å². The summed E-state index contributed by atoms with van der Waals surface area (Å²) in [6.07, 6.45) is 2.07. The topological polar surface area (TPSA) is 117 Å². The number of fused-ring (bicyclic) bond motifs is 1. The molecule has 0 saturated carbocycles. The van der Waals surface area contributed by atoms with Gasteiger partial charge in [0.1, 0.15) is 17.7 Å². The summed E-state index contributed by atoms with van der Waals surface area (Å²) < 4.78 is 49.9. The second-order valence-electron chi connectivity index (χ2n) is 8.77. The molecule has 0 unspecified atom stereocenters. The van der Waals surface area contributed by atoms with Gasteiger partial charge in [-0.15, -0.1) is 0 Å². The Morgan fingerprint density at radius 1 is 1.05 bits per heavy atom. The molecule has 3 aromatic carbocycles. The normalized spacial score (nSPS) is 13.1. The van der Waals surface area contributed by atoms with Gasteiger partial charge in [0.15, 0.2) is 16.4 Å². The summed E-state index contributed by atoms with van der Waals surface area (Å²) in [6.45, 7) is 2.50. The van der Waals surface area contributed by atoms with Crippen LogP contribution in [0.25, 0.3) is 16.6 Å². The molecule has 38 heavy (non-hydrogen) atoms. The molecule has 0 fully saturated rings. The van der Waals surface area contributed by atoms with Crippen LogP contribution in [0.2, 0.25) is 0 Å². The van der Waals surface area contributed by atoms with Crippen LogP contribution in [0.4, 0.5) is 4.39 Å². The van der Waals surface area contributed by atoms with Crippen LogP contribution in [0, 0.1) is 5.82 Å². The van der Waals surface area contributed by atoms with Crippen molar-refractivity contribution in [3.05, 3.63) is 84.3 Å². The molecule has 2 atom stereocenters. The number of nitrogens with zero attached hydrogens (tertiary/aromatic N) is 2. The molecule has 0 aliphatic carbocycles. The molecule has 1 amide bonds. The van der Waals surface area contributed by atoms with E-state index in [9.17, 15) is 22.4 Å². The Labute approximate surface area is 219 Å². The number of sulfone groups is 1. The lowest BCUT2D eigenvalue weighted by molar-refractivity contribution is -0.146. The summed E-state index contributed by atoms with van der Waals surface area (Å²) in [4.78, 5) is 23.5. The van der Waals surface area contributed by atoms with Gasteiger partial charge in [-0.25, -0.2) is 17.5 Å². The van der Waals surface area contributed by atoms with Gasteiger partial charge in [-0.3, -0.25) is 9.59 Å². The van der Waals surface area contributed by atoms with Crippen LogP contribution < -0.4 is 10.1 Å². The largest absolute Gasteiger partial charge is 0.484 e. The Bertz CT molecular complexity index is 1570. The number of amides is 1. The summed E-state index contributed by atoms with van der Waals surface area (Å²) in [7, 11) is -3.40. The fourth-order valence-electron chi connectivity index (χ4n) is 3.92. The fraction of sp³-hybridized carbons (Fsp3) is 0.222. The molecule has 0 aliphatic heterocycles. The van der Waals surface area contributed by atoms with Crippen LogP contribution in [0.1, 0.15) is 25.5 Å². The minimum atomic E-state index is -3.40. The van der Waals surface area contributed by atoms with Crippen LogP contribution in [0.3, 0.4) is 0 Å². The smallest absolute Gasteiger partial charge is 0.303 e. The van der Waals surface area contributed by atoms with Gasteiger partial charge in [-0.05, 0) is 67.1 Å². The number of halogens is 1. The molecule has 0 spiro atoms. The zero-order chi connectivity index (χ0) is 27.4. The van der Waals surface area contributed by atoms with Gasteiger partial charge in [0, 0.05) is 18.6 Å². The highest BCUT2D eigenvalue weighted by atomic mass is 32.2. The van der Waals surface area contributed by atoms with Crippen molar-refractivity contribution in [2.75, 3.05) is 12.9 Å². The van der Waals surface area contributed by atoms with Crippen LogP contribution in [0.5, 0.6) is 5.75 Å². The molecule has 0 radical (unpaired) electrons. The van der Waals surface area contributed by atoms with Crippen molar-refractivity contribution in [2.24, 2.45) is 0 Å². The first-order valence-corrected chi connectivity index (χ1v) is 13.5. The fourth-order valence-corrected chi connectivity index (χ4v) is 4.55. The highest BCUT2D eigenvalue weighted by Gasteiger charge is 2.24. The van der Waals surface area contributed by atoms with Gasteiger partial charge in [0.05, 0.1) is 28.3 Å². The molecule has 4 aromatic rings. The first-order chi connectivity index (χ1) is 18.0. The summed E-state index contributed by atoms with van der Waals surface area (Å²) in [5.41, 5.74) is 2.10. The van der Waals surface area contributed by atoms with Crippen molar-refractivity contribution >= 4 is 32.6 Å². The number of rotatable bonds is 9. The zero-order valence-corrected chi connectivity index (χ0v) is 21.7. The Balaban J connectivity index is 1.62. The van der Waals surface area contributed by atoms with Gasteiger partial charge in [0.25, 0.3) is 5.91 Å². The number of aromatic nitrogens is 2. The van der Waals surface area contributed by atoms with Crippen molar-refractivity contribution in [2.45, 2.75) is 30.9 Å². The standard InChI is InChI=1S/C27H26FN3O6S/c1-17(30-26(33)16-36-18(2)32)27(19-4-11-24(12-5-19)38(3,34)35)37-23-10-13-25-20(14-23)15-29-31(25)22-8-6-21(28)7-9-22/h4-15,17,27H,16H2,1-3H3,(H,30,33)/t17-,27-/m0/s1. The van der Waals surface area contributed by atoms with E-state index in [1.807, 2.05) is 6.07 Å². The number of nitrogens with one attached hydrogen (secondary N) is 1. The maximum absolute atomic E-state index is 13.3. The lowest BCUT2D eigenvalue weighted by Gasteiger charge is -2.26. The minimum Gasteiger partial charge on any atom is -0.484 e. The van der Waals surface area contributed by atoms with E-state index < -0.39 is 40.5 Å². The number of hydrogen-bond donors (Lipinski definition) is 1. The van der Waals surface area contributed by atoms with Crippen molar-refractivity contribution < 1.29 is 31.9 Å². The molecular formula is C27H26FN3O6S. The Morgan fingerprint density at radius 3 is 2.37 bits per heavy atom.